The Labute approximate surface area is 150 Å². The van der Waals surface area contributed by atoms with Crippen LogP contribution in [0.1, 0.15) is 55.6 Å². The van der Waals surface area contributed by atoms with Gasteiger partial charge in [0.1, 0.15) is 5.54 Å². The van der Waals surface area contributed by atoms with Gasteiger partial charge in [0.25, 0.3) is 0 Å². The van der Waals surface area contributed by atoms with Crippen molar-refractivity contribution in [3.63, 3.8) is 0 Å². The number of nitrogens with one attached hydrogen (secondary N) is 1. The van der Waals surface area contributed by atoms with Gasteiger partial charge in [-0.15, -0.1) is 0 Å². The molecule has 1 N–H and O–H groups in total. The lowest BCUT2D eigenvalue weighted by Crippen LogP contribution is -2.56. The number of alkyl halides is 3. The van der Waals surface area contributed by atoms with E-state index >= 15 is 0 Å². The molecule has 3 rings (SSSR count). The summed E-state index contributed by atoms with van der Waals surface area (Å²) in [5.41, 5.74) is -1.59. The molecule has 1 amide bonds. The average Bonchev–Trinajstić information content (AvgIpc) is 3.42. The summed E-state index contributed by atoms with van der Waals surface area (Å²) in [6.07, 6.45) is -0.489. The van der Waals surface area contributed by atoms with Crippen LogP contribution < -0.4 is 5.32 Å². The second-order valence-corrected chi connectivity index (χ2v) is 7.16. The van der Waals surface area contributed by atoms with Crippen LogP contribution in [-0.4, -0.2) is 24.5 Å². The fraction of sp³-hybridized carbons (Fsp3) is 0.579. The smallest absolute Gasteiger partial charge is 0.416 e. The van der Waals surface area contributed by atoms with Crippen LogP contribution in [0.2, 0.25) is 0 Å². The molecule has 7 heteroatoms. The van der Waals surface area contributed by atoms with Gasteiger partial charge in [-0.05, 0) is 36.8 Å². The Hall–Kier alpha value is -2.05. The average molecular weight is 369 g/mol. The number of rotatable bonds is 4. The molecule has 4 nitrogen and oxygen atoms in total. The molecule has 0 saturated heterocycles. The van der Waals surface area contributed by atoms with Crippen LogP contribution in [0.25, 0.3) is 0 Å². The van der Waals surface area contributed by atoms with E-state index < -0.39 is 35.1 Å². The zero-order valence-electron chi connectivity index (χ0n) is 14.6. The van der Waals surface area contributed by atoms with Crippen molar-refractivity contribution in [3.8, 4) is 0 Å². The molecule has 2 fully saturated rings. The highest BCUT2D eigenvalue weighted by molar-refractivity contribution is 5.91. The summed E-state index contributed by atoms with van der Waals surface area (Å²) in [6.45, 7) is 0. The van der Waals surface area contributed by atoms with Crippen molar-refractivity contribution in [2.24, 2.45) is 5.92 Å². The van der Waals surface area contributed by atoms with Gasteiger partial charge >= 0.3 is 12.1 Å². The van der Waals surface area contributed by atoms with Crippen molar-refractivity contribution in [3.05, 3.63) is 35.4 Å². The van der Waals surface area contributed by atoms with Crippen molar-refractivity contribution in [2.75, 3.05) is 7.11 Å². The Kier molecular flexibility index (Phi) is 4.99. The Balaban J connectivity index is 1.74. The van der Waals surface area contributed by atoms with E-state index in [9.17, 15) is 22.8 Å². The Morgan fingerprint density at radius 2 is 1.81 bits per heavy atom. The maximum absolute atomic E-state index is 13.2. The molecule has 1 aromatic carbocycles. The molecule has 2 aliphatic carbocycles. The first-order valence-electron chi connectivity index (χ1n) is 8.85. The molecule has 26 heavy (non-hydrogen) atoms. The van der Waals surface area contributed by atoms with Gasteiger partial charge in [0.2, 0.25) is 5.91 Å². The minimum absolute atomic E-state index is 0.149. The van der Waals surface area contributed by atoms with Crippen LogP contribution in [0.15, 0.2) is 24.3 Å². The molecule has 142 valence electrons. The van der Waals surface area contributed by atoms with Gasteiger partial charge in [-0.3, -0.25) is 4.79 Å². The molecular weight excluding hydrogens is 347 g/mol. The number of carbonyl (C=O) groups excluding carboxylic acids is 2. The van der Waals surface area contributed by atoms with Crippen LogP contribution in [0.3, 0.4) is 0 Å². The molecule has 0 bridgehead atoms. The van der Waals surface area contributed by atoms with Gasteiger partial charge < -0.3 is 10.1 Å². The number of methoxy groups -OCH3 is 1. The van der Waals surface area contributed by atoms with Gasteiger partial charge in [-0.25, -0.2) is 4.79 Å². The van der Waals surface area contributed by atoms with E-state index in [-0.39, 0.29) is 11.5 Å². The van der Waals surface area contributed by atoms with Crippen LogP contribution in [0, 0.1) is 5.92 Å². The van der Waals surface area contributed by atoms with Crippen molar-refractivity contribution < 1.29 is 27.5 Å². The number of halogens is 3. The number of hydrogen-bond donors (Lipinski definition) is 1. The van der Waals surface area contributed by atoms with Crippen LogP contribution >= 0.6 is 0 Å². The summed E-state index contributed by atoms with van der Waals surface area (Å²) in [6, 6.07) is 5.37. The normalized spacial score (nSPS) is 24.6. The van der Waals surface area contributed by atoms with Gasteiger partial charge in [-0.2, -0.15) is 13.2 Å². The first-order chi connectivity index (χ1) is 12.3. The van der Waals surface area contributed by atoms with Crippen molar-refractivity contribution in [2.45, 2.75) is 56.2 Å². The lowest BCUT2D eigenvalue weighted by Gasteiger charge is -2.35. The quantitative estimate of drug-likeness (QED) is 0.822. The number of hydrogen-bond acceptors (Lipinski definition) is 3. The van der Waals surface area contributed by atoms with E-state index in [2.05, 4.69) is 5.32 Å². The van der Waals surface area contributed by atoms with Gasteiger partial charge in [0.15, 0.2) is 0 Å². The maximum atomic E-state index is 13.2. The third-order valence-electron chi connectivity index (χ3n) is 5.44. The SMILES string of the molecule is COC(=O)C1(NC(=O)C2CC2c2ccccc2C(F)(F)F)CCCCC1. The van der Waals surface area contributed by atoms with Gasteiger partial charge in [0, 0.05) is 5.92 Å². The summed E-state index contributed by atoms with van der Waals surface area (Å²) < 4.78 is 44.4. The molecule has 0 aliphatic heterocycles. The van der Waals surface area contributed by atoms with E-state index in [4.69, 9.17) is 4.74 Å². The Morgan fingerprint density at radius 1 is 1.15 bits per heavy atom. The number of esters is 1. The van der Waals surface area contributed by atoms with E-state index in [1.54, 1.807) is 6.07 Å². The molecule has 0 spiro atoms. The highest BCUT2D eigenvalue weighted by atomic mass is 19.4. The fourth-order valence-electron chi connectivity index (χ4n) is 3.97. The van der Waals surface area contributed by atoms with E-state index in [1.807, 2.05) is 0 Å². The Morgan fingerprint density at radius 3 is 2.42 bits per heavy atom. The second-order valence-electron chi connectivity index (χ2n) is 7.16. The van der Waals surface area contributed by atoms with Crippen molar-refractivity contribution >= 4 is 11.9 Å². The standard InChI is InChI=1S/C19H22F3NO3/c1-26-17(25)18(9-5-2-6-10-18)23-16(24)14-11-13(14)12-7-3-4-8-15(12)19(20,21)22/h3-4,7-8,13-14H,2,5-6,9-11H2,1H3,(H,23,24). The Bertz CT molecular complexity index is 696. The lowest BCUT2D eigenvalue weighted by molar-refractivity contribution is -0.152. The molecule has 2 aliphatic rings. The highest BCUT2D eigenvalue weighted by Gasteiger charge is 2.51. The number of carbonyl (C=O) groups is 2. The molecule has 0 heterocycles. The van der Waals surface area contributed by atoms with Crippen LogP contribution in [0.5, 0.6) is 0 Å². The zero-order valence-corrected chi connectivity index (χ0v) is 14.6. The number of amides is 1. The summed E-state index contributed by atoms with van der Waals surface area (Å²) in [4.78, 5) is 24.9. The van der Waals surface area contributed by atoms with Crippen molar-refractivity contribution in [1.29, 1.82) is 0 Å². The molecule has 2 unspecified atom stereocenters. The third-order valence-corrected chi connectivity index (χ3v) is 5.44. The second kappa shape index (κ2) is 6.93. The molecule has 2 atom stereocenters. The predicted octanol–water partition coefficient (Wildman–Crippen LogP) is 3.80. The number of benzene rings is 1. The lowest BCUT2D eigenvalue weighted by atomic mass is 9.81. The molecular formula is C19H22F3NO3. The third kappa shape index (κ3) is 3.57. The zero-order chi connectivity index (χ0) is 18.9. The molecule has 2 saturated carbocycles. The fourth-order valence-corrected chi connectivity index (χ4v) is 3.97. The first kappa shape index (κ1) is 18.7. The maximum Gasteiger partial charge on any atom is 0.416 e. The molecule has 0 radical (unpaired) electrons. The predicted molar refractivity (Wildman–Crippen MR) is 88.3 cm³/mol. The minimum atomic E-state index is -4.45. The van der Waals surface area contributed by atoms with Crippen LogP contribution in [-0.2, 0) is 20.5 Å². The summed E-state index contributed by atoms with van der Waals surface area (Å²) in [7, 11) is 1.28. The number of ether oxygens (including phenoxy) is 1. The van der Waals surface area contributed by atoms with Gasteiger partial charge in [0.05, 0.1) is 12.7 Å². The monoisotopic (exact) mass is 369 g/mol. The first-order valence-corrected chi connectivity index (χ1v) is 8.85. The molecule has 1 aromatic rings. The largest absolute Gasteiger partial charge is 0.467 e. The van der Waals surface area contributed by atoms with E-state index in [1.165, 1.54) is 19.2 Å². The van der Waals surface area contributed by atoms with E-state index in [0.29, 0.717) is 19.3 Å². The summed E-state index contributed by atoms with van der Waals surface area (Å²) >= 11 is 0. The van der Waals surface area contributed by atoms with Crippen molar-refractivity contribution in [1.82, 2.24) is 5.32 Å². The highest BCUT2D eigenvalue weighted by Crippen LogP contribution is 2.51. The summed E-state index contributed by atoms with van der Waals surface area (Å²) in [5.74, 6) is -1.84. The minimum Gasteiger partial charge on any atom is -0.467 e. The topological polar surface area (TPSA) is 55.4 Å². The summed E-state index contributed by atoms with van der Waals surface area (Å²) in [5, 5.41) is 2.81. The van der Waals surface area contributed by atoms with Gasteiger partial charge in [-0.1, -0.05) is 37.5 Å². The van der Waals surface area contributed by atoms with E-state index in [0.717, 1.165) is 25.3 Å². The molecule has 0 aromatic heterocycles. The van der Waals surface area contributed by atoms with Crippen LogP contribution in [0.4, 0.5) is 13.2 Å².